The Balaban J connectivity index is 2.20. The first-order valence-corrected chi connectivity index (χ1v) is 7.37. The summed E-state index contributed by atoms with van der Waals surface area (Å²) in [5.74, 6) is 1.83. The van der Waals surface area contributed by atoms with Crippen LogP contribution in [0.4, 0.5) is 0 Å². The van der Waals surface area contributed by atoms with Gasteiger partial charge in [-0.25, -0.2) is 0 Å². The highest BCUT2D eigenvalue weighted by molar-refractivity contribution is 9.09. The number of benzene rings is 2. The summed E-state index contributed by atoms with van der Waals surface area (Å²) in [4.78, 5) is 0.108. The zero-order chi connectivity index (χ0) is 14.1. The molecular weight excluding hydrogens is 316 g/mol. The number of hydrogen-bond donors (Lipinski definition) is 0. The Kier molecular flexibility index (Phi) is 3.53. The number of fused-ring (bicyclic) bond motifs is 1. The molecule has 0 fully saturated rings. The average molecular weight is 331 g/mol. The van der Waals surface area contributed by atoms with Gasteiger partial charge in [-0.15, -0.1) is 0 Å². The van der Waals surface area contributed by atoms with Crippen molar-refractivity contribution in [1.29, 1.82) is 0 Å². The third-order valence-electron chi connectivity index (χ3n) is 3.58. The summed E-state index contributed by atoms with van der Waals surface area (Å²) < 4.78 is 10.9. The molecule has 0 aliphatic rings. The lowest BCUT2D eigenvalue weighted by Gasteiger charge is -2.15. The summed E-state index contributed by atoms with van der Waals surface area (Å²) in [5, 5.41) is 2.31. The van der Waals surface area contributed by atoms with Crippen LogP contribution in [0.25, 0.3) is 10.8 Å². The molecule has 2 nitrogen and oxygen atoms in total. The van der Waals surface area contributed by atoms with Crippen molar-refractivity contribution < 1.29 is 9.15 Å². The fraction of sp³-hybridized carbons (Fsp3) is 0.176. The van der Waals surface area contributed by atoms with Crippen molar-refractivity contribution >= 4 is 26.7 Å². The standard InChI is InChI=1S/C17H15BrO2/c1-11-12(9-10-20-11)17(18)15-7-8-16(19-2)14-6-4-3-5-13(14)15/h3-10,17H,1-2H3. The van der Waals surface area contributed by atoms with E-state index in [0.717, 1.165) is 22.5 Å². The lowest BCUT2D eigenvalue weighted by Crippen LogP contribution is -1.96. The van der Waals surface area contributed by atoms with E-state index in [1.54, 1.807) is 13.4 Å². The van der Waals surface area contributed by atoms with Crippen LogP contribution in [-0.2, 0) is 0 Å². The lowest BCUT2D eigenvalue weighted by atomic mass is 9.98. The van der Waals surface area contributed by atoms with Gasteiger partial charge in [0.1, 0.15) is 11.5 Å². The van der Waals surface area contributed by atoms with Crippen molar-refractivity contribution in [3.05, 3.63) is 65.6 Å². The van der Waals surface area contributed by atoms with Crippen molar-refractivity contribution in [3.63, 3.8) is 0 Å². The third kappa shape index (κ3) is 2.12. The van der Waals surface area contributed by atoms with E-state index in [-0.39, 0.29) is 4.83 Å². The molecule has 0 aliphatic heterocycles. The normalized spacial score (nSPS) is 12.6. The van der Waals surface area contributed by atoms with Crippen LogP contribution in [0.5, 0.6) is 5.75 Å². The SMILES string of the molecule is COc1ccc(C(Br)c2ccoc2C)c2ccccc12. The molecule has 3 rings (SSSR count). The maximum atomic E-state index is 5.44. The minimum atomic E-state index is 0.108. The van der Waals surface area contributed by atoms with Crippen LogP contribution in [0.15, 0.2) is 53.1 Å². The molecule has 1 unspecified atom stereocenters. The van der Waals surface area contributed by atoms with Crippen LogP contribution in [0.3, 0.4) is 0 Å². The predicted octanol–water partition coefficient (Wildman–Crippen LogP) is 5.23. The number of hydrogen-bond acceptors (Lipinski definition) is 2. The van der Waals surface area contributed by atoms with Gasteiger partial charge in [-0.1, -0.05) is 46.3 Å². The molecule has 1 atom stereocenters. The van der Waals surface area contributed by atoms with Gasteiger partial charge >= 0.3 is 0 Å². The van der Waals surface area contributed by atoms with E-state index in [0.29, 0.717) is 0 Å². The maximum absolute atomic E-state index is 5.44. The van der Waals surface area contributed by atoms with Gasteiger partial charge in [-0.3, -0.25) is 0 Å². The second-order valence-corrected chi connectivity index (χ2v) is 5.61. The van der Waals surface area contributed by atoms with Crippen molar-refractivity contribution in [2.75, 3.05) is 7.11 Å². The van der Waals surface area contributed by atoms with E-state index in [4.69, 9.17) is 9.15 Å². The molecular formula is C17H15BrO2. The molecule has 3 aromatic rings. The van der Waals surface area contributed by atoms with Crippen LogP contribution in [-0.4, -0.2) is 7.11 Å². The van der Waals surface area contributed by atoms with Gasteiger partial charge in [0, 0.05) is 10.9 Å². The second-order valence-electron chi connectivity index (χ2n) is 4.70. The van der Waals surface area contributed by atoms with Crippen molar-refractivity contribution in [1.82, 2.24) is 0 Å². The third-order valence-corrected chi connectivity index (χ3v) is 4.57. The fourth-order valence-electron chi connectivity index (χ4n) is 2.52. The van der Waals surface area contributed by atoms with E-state index >= 15 is 0 Å². The second kappa shape index (κ2) is 5.33. The van der Waals surface area contributed by atoms with Crippen LogP contribution in [0.1, 0.15) is 21.7 Å². The number of rotatable bonds is 3. The molecule has 3 heteroatoms. The molecule has 0 bridgehead atoms. The molecule has 2 aromatic carbocycles. The molecule has 1 aromatic heterocycles. The maximum Gasteiger partial charge on any atom is 0.126 e. The minimum absolute atomic E-state index is 0.108. The summed E-state index contributed by atoms with van der Waals surface area (Å²) in [7, 11) is 1.70. The van der Waals surface area contributed by atoms with Crippen LogP contribution in [0, 0.1) is 6.92 Å². The van der Waals surface area contributed by atoms with Crippen LogP contribution >= 0.6 is 15.9 Å². The Morgan fingerprint density at radius 3 is 2.40 bits per heavy atom. The molecule has 20 heavy (non-hydrogen) atoms. The fourth-order valence-corrected chi connectivity index (χ4v) is 3.39. The summed E-state index contributed by atoms with van der Waals surface area (Å²) in [6, 6.07) is 14.4. The number of furan rings is 1. The molecule has 1 heterocycles. The molecule has 0 radical (unpaired) electrons. The number of halogens is 1. The zero-order valence-electron chi connectivity index (χ0n) is 11.4. The van der Waals surface area contributed by atoms with Crippen molar-refractivity contribution in [2.24, 2.45) is 0 Å². The van der Waals surface area contributed by atoms with Gasteiger partial charge in [0.05, 0.1) is 18.2 Å². The summed E-state index contributed by atoms with van der Waals surface area (Å²) in [6.45, 7) is 1.98. The quantitative estimate of drug-likeness (QED) is 0.613. The first kappa shape index (κ1) is 13.3. The minimum Gasteiger partial charge on any atom is -0.496 e. The van der Waals surface area contributed by atoms with E-state index in [2.05, 4.69) is 34.1 Å². The topological polar surface area (TPSA) is 22.4 Å². The van der Waals surface area contributed by atoms with Crippen LogP contribution < -0.4 is 4.74 Å². The van der Waals surface area contributed by atoms with Crippen LogP contribution in [0.2, 0.25) is 0 Å². The highest BCUT2D eigenvalue weighted by Crippen LogP contribution is 2.39. The Hall–Kier alpha value is -1.74. The van der Waals surface area contributed by atoms with E-state index < -0.39 is 0 Å². The van der Waals surface area contributed by atoms with Gasteiger partial charge in [0.25, 0.3) is 0 Å². The Bertz CT molecular complexity index is 746. The average Bonchev–Trinajstić information content (AvgIpc) is 2.91. The van der Waals surface area contributed by atoms with Gasteiger partial charge in [-0.05, 0) is 30.0 Å². The number of methoxy groups -OCH3 is 1. The molecule has 0 saturated carbocycles. The first-order chi connectivity index (χ1) is 9.72. The summed E-state index contributed by atoms with van der Waals surface area (Å²) >= 11 is 3.79. The van der Waals surface area contributed by atoms with E-state index in [9.17, 15) is 0 Å². The smallest absolute Gasteiger partial charge is 0.126 e. The number of ether oxygens (including phenoxy) is 1. The number of aryl methyl sites for hydroxylation is 1. The largest absolute Gasteiger partial charge is 0.496 e. The molecule has 0 saturated heterocycles. The summed E-state index contributed by atoms with van der Waals surface area (Å²) in [5.41, 5.74) is 2.37. The van der Waals surface area contributed by atoms with Crippen molar-refractivity contribution in [2.45, 2.75) is 11.8 Å². The zero-order valence-corrected chi connectivity index (χ0v) is 13.0. The molecule has 102 valence electrons. The van der Waals surface area contributed by atoms with Gasteiger partial charge < -0.3 is 9.15 Å². The van der Waals surface area contributed by atoms with Gasteiger partial charge in [0.15, 0.2) is 0 Å². The molecule has 0 amide bonds. The lowest BCUT2D eigenvalue weighted by molar-refractivity contribution is 0.419. The Morgan fingerprint density at radius 2 is 1.75 bits per heavy atom. The Morgan fingerprint density at radius 1 is 1.00 bits per heavy atom. The van der Waals surface area contributed by atoms with Crippen molar-refractivity contribution in [3.8, 4) is 5.75 Å². The van der Waals surface area contributed by atoms with Gasteiger partial charge in [-0.2, -0.15) is 0 Å². The highest BCUT2D eigenvalue weighted by atomic mass is 79.9. The number of alkyl halides is 1. The first-order valence-electron chi connectivity index (χ1n) is 6.46. The molecule has 0 N–H and O–H groups in total. The monoisotopic (exact) mass is 330 g/mol. The molecule has 0 aliphatic carbocycles. The molecule has 0 spiro atoms. The Labute approximate surface area is 126 Å². The van der Waals surface area contributed by atoms with E-state index in [1.807, 2.05) is 31.2 Å². The summed E-state index contributed by atoms with van der Waals surface area (Å²) in [6.07, 6.45) is 1.73. The highest BCUT2D eigenvalue weighted by Gasteiger charge is 2.18. The van der Waals surface area contributed by atoms with Gasteiger partial charge in [0.2, 0.25) is 0 Å². The van der Waals surface area contributed by atoms with E-state index in [1.165, 1.54) is 10.9 Å². The predicted molar refractivity (Wildman–Crippen MR) is 84.7 cm³/mol.